The van der Waals surface area contributed by atoms with Gasteiger partial charge in [-0.15, -0.1) is 0 Å². The first kappa shape index (κ1) is 14.3. The van der Waals surface area contributed by atoms with E-state index in [2.05, 4.69) is 11.4 Å². The zero-order chi connectivity index (χ0) is 13.9. The molecule has 5 heteroatoms. The predicted octanol–water partition coefficient (Wildman–Crippen LogP) is 1.71. The van der Waals surface area contributed by atoms with E-state index in [9.17, 15) is 8.42 Å². The molecule has 0 bridgehead atoms. The third kappa shape index (κ3) is 3.70. The van der Waals surface area contributed by atoms with Crippen LogP contribution in [0.4, 0.5) is 0 Å². The van der Waals surface area contributed by atoms with Crippen molar-refractivity contribution < 1.29 is 13.2 Å². The molecule has 1 atom stereocenters. The SMILES string of the molecule is CNC1CCc2c(OCCCS(C)(=O)=O)cccc21. The van der Waals surface area contributed by atoms with E-state index in [-0.39, 0.29) is 5.75 Å². The maximum absolute atomic E-state index is 11.0. The van der Waals surface area contributed by atoms with Gasteiger partial charge >= 0.3 is 0 Å². The lowest BCUT2D eigenvalue weighted by Gasteiger charge is -2.13. The summed E-state index contributed by atoms with van der Waals surface area (Å²) < 4.78 is 27.8. The lowest BCUT2D eigenvalue weighted by atomic mass is 10.1. The van der Waals surface area contributed by atoms with Crippen LogP contribution in [0.2, 0.25) is 0 Å². The number of hydrogen-bond donors (Lipinski definition) is 1. The van der Waals surface area contributed by atoms with Crippen LogP contribution in [-0.2, 0) is 16.3 Å². The van der Waals surface area contributed by atoms with Crippen molar-refractivity contribution in [1.82, 2.24) is 5.32 Å². The van der Waals surface area contributed by atoms with Crippen molar-refractivity contribution in [3.05, 3.63) is 29.3 Å². The average Bonchev–Trinajstić information content (AvgIpc) is 2.77. The summed E-state index contributed by atoms with van der Waals surface area (Å²) in [5, 5.41) is 3.30. The highest BCUT2D eigenvalue weighted by Crippen LogP contribution is 2.36. The van der Waals surface area contributed by atoms with Crippen molar-refractivity contribution in [1.29, 1.82) is 0 Å². The van der Waals surface area contributed by atoms with E-state index in [4.69, 9.17) is 4.74 Å². The van der Waals surface area contributed by atoms with E-state index in [0.717, 1.165) is 18.6 Å². The molecule has 1 unspecified atom stereocenters. The highest BCUT2D eigenvalue weighted by molar-refractivity contribution is 7.90. The summed E-state index contributed by atoms with van der Waals surface area (Å²) in [7, 11) is -0.921. The second-order valence-corrected chi connectivity index (χ2v) is 7.30. The molecule has 1 N–H and O–H groups in total. The van der Waals surface area contributed by atoms with Gasteiger partial charge in [0.05, 0.1) is 12.4 Å². The minimum absolute atomic E-state index is 0.182. The fourth-order valence-corrected chi connectivity index (χ4v) is 3.20. The summed E-state index contributed by atoms with van der Waals surface area (Å²) in [5.74, 6) is 1.09. The summed E-state index contributed by atoms with van der Waals surface area (Å²) in [4.78, 5) is 0. The predicted molar refractivity (Wildman–Crippen MR) is 76.4 cm³/mol. The highest BCUT2D eigenvalue weighted by atomic mass is 32.2. The van der Waals surface area contributed by atoms with E-state index in [1.54, 1.807) is 0 Å². The number of ether oxygens (including phenoxy) is 1. The fourth-order valence-electron chi connectivity index (χ4n) is 2.56. The van der Waals surface area contributed by atoms with Crippen molar-refractivity contribution >= 4 is 9.84 Å². The smallest absolute Gasteiger partial charge is 0.147 e. The number of nitrogens with one attached hydrogen (secondary N) is 1. The molecule has 0 saturated carbocycles. The Labute approximate surface area is 115 Å². The summed E-state index contributed by atoms with van der Waals surface area (Å²) in [6.07, 6.45) is 3.90. The van der Waals surface area contributed by atoms with Crippen molar-refractivity contribution in [2.75, 3.05) is 25.7 Å². The van der Waals surface area contributed by atoms with Gasteiger partial charge in [-0.3, -0.25) is 0 Å². The molecule has 0 aliphatic heterocycles. The Kier molecular flexibility index (Phi) is 4.47. The Bertz CT molecular complexity index is 540. The molecule has 0 heterocycles. The minimum Gasteiger partial charge on any atom is -0.493 e. The minimum atomic E-state index is -2.89. The van der Waals surface area contributed by atoms with Crippen LogP contribution in [0.5, 0.6) is 5.75 Å². The maximum Gasteiger partial charge on any atom is 0.147 e. The second kappa shape index (κ2) is 5.92. The molecular weight excluding hydrogens is 262 g/mol. The van der Waals surface area contributed by atoms with Gasteiger partial charge in [-0.2, -0.15) is 0 Å². The highest BCUT2D eigenvalue weighted by Gasteiger charge is 2.23. The van der Waals surface area contributed by atoms with E-state index < -0.39 is 9.84 Å². The Morgan fingerprint density at radius 2 is 2.21 bits per heavy atom. The normalized spacial score (nSPS) is 18.3. The lowest BCUT2D eigenvalue weighted by Crippen LogP contribution is -2.12. The molecular formula is C14H21NO3S. The quantitative estimate of drug-likeness (QED) is 0.808. The monoisotopic (exact) mass is 283 g/mol. The van der Waals surface area contributed by atoms with Crippen molar-refractivity contribution in [2.24, 2.45) is 0 Å². The topological polar surface area (TPSA) is 55.4 Å². The van der Waals surface area contributed by atoms with Crippen LogP contribution in [-0.4, -0.2) is 34.1 Å². The Hall–Kier alpha value is -1.07. The molecule has 0 aromatic heterocycles. The summed E-state index contributed by atoms with van der Waals surface area (Å²) >= 11 is 0. The Morgan fingerprint density at radius 3 is 2.89 bits per heavy atom. The van der Waals surface area contributed by atoms with Gasteiger partial charge in [-0.05, 0) is 43.5 Å². The van der Waals surface area contributed by atoms with Crippen LogP contribution in [0.25, 0.3) is 0 Å². The van der Waals surface area contributed by atoms with Gasteiger partial charge in [0.1, 0.15) is 15.6 Å². The molecule has 0 spiro atoms. The standard InChI is InChI=1S/C14H21NO3S/c1-15-13-8-7-12-11(13)5-3-6-14(12)18-9-4-10-19(2,16)17/h3,5-6,13,15H,4,7-10H2,1-2H3. The number of fused-ring (bicyclic) bond motifs is 1. The average molecular weight is 283 g/mol. The number of hydrogen-bond acceptors (Lipinski definition) is 4. The zero-order valence-electron chi connectivity index (χ0n) is 11.5. The Balaban J connectivity index is 1.97. The van der Waals surface area contributed by atoms with Gasteiger partial charge in [0.15, 0.2) is 0 Å². The van der Waals surface area contributed by atoms with Crippen molar-refractivity contribution in [2.45, 2.75) is 25.3 Å². The molecule has 0 saturated heterocycles. The van der Waals surface area contributed by atoms with Crippen LogP contribution in [0.3, 0.4) is 0 Å². The third-order valence-corrected chi connectivity index (χ3v) is 4.52. The molecule has 1 aromatic rings. The fraction of sp³-hybridized carbons (Fsp3) is 0.571. The lowest BCUT2D eigenvalue weighted by molar-refractivity contribution is 0.315. The summed E-state index contributed by atoms with van der Waals surface area (Å²) in [6.45, 7) is 0.452. The molecule has 1 aliphatic carbocycles. The van der Waals surface area contributed by atoms with Crippen LogP contribution < -0.4 is 10.1 Å². The molecule has 2 rings (SSSR count). The first-order valence-electron chi connectivity index (χ1n) is 6.61. The molecule has 0 fully saturated rings. The van der Waals surface area contributed by atoms with Crippen LogP contribution in [0, 0.1) is 0 Å². The maximum atomic E-state index is 11.0. The third-order valence-electron chi connectivity index (χ3n) is 3.49. The molecule has 19 heavy (non-hydrogen) atoms. The van der Waals surface area contributed by atoms with Gasteiger partial charge in [0.2, 0.25) is 0 Å². The number of benzene rings is 1. The van der Waals surface area contributed by atoms with Gasteiger partial charge < -0.3 is 10.1 Å². The van der Waals surface area contributed by atoms with Gasteiger partial charge in [-0.1, -0.05) is 12.1 Å². The number of rotatable bonds is 6. The molecule has 0 radical (unpaired) electrons. The first-order valence-corrected chi connectivity index (χ1v) is 8.67. The van der Waals surface area contributed by atoms with E-state index >= 15 is 0 Å². The molecule has 106 valence electrons. The van der Waals surface area contributed by atoms with Crippen molar-refractivity contribution in [3.63, 3.8) is 0 Å². The molecule has 4 nitrogen and oxygen atoms in total. The molecule has 1 aliphatic rings. The summed E-state index contributed by atoms with van der Waals surface area (Å²) in [6, 6.07) is 6.51. The summed E-state index contributed by atoms with van der Waals surface area (Å²) in [5.41, 5.74) is 2.57. The van der Waals surface area contributed by atoms with Gasteiger partial charge in [0, 0.05) is 12.3 Å². The van der Waals surface area contributed by atoms with Gasteiger partial charge in [-0.25, -0.2) is 8.42 Å². The number of sulfone groups is 1. The van der Waals surface area contributed by atoms with Crippen LogP contribution in [0.1, 0.15) is 30.0 Å². The Morgan fingerprint density at radius 1 is 1.42 bits per heavy atom. The molecule has 0 amide bonds. The second-order valence-electron chi connectivity index (χ2n) is 5.04. The van der Waals surface area contributed by atoms with Crippen molar-refractivity contribution in [3.8, 4) is 5.75 Å². The largest absolute Gasteiger partial charge is 0.493 e. The molecule has 1 aromatic carbocycles. The van der Waals surface area contributed by atoms with E-state index in [1.165, 1.54) is 17.4 Å². The van der Waals surface area contributed by atoms with Crippen LogP contribution >= 0.6 is 0 Å². The first-order chi connectivity index (χ1) is 9.01. The van der Waals surface area contributed by atoms with Crippen LogP contribution in [0.15, 0.2) is 18.2 Å². The van der Waals surface area contributed by atoms with E-state index in [0.29, 0.717) is 19.1 Å². The van der Waals surface area contributed by atoms with Gasteiger partial charge in [0.25, 0.3) is 0 Å². The van der Waals surface area contributed by atoms with E-state index in [1.807, 2.05) is 19.2 Å². The zero-order valence-corrected chi connectivity index (χ0v) is 12.3.